The Balaban J connectivity index is 1.67. The standard InChI is InChI=1S/C27H38N6O3/c1-26(2,3)31-23(34)17-12-13-19(21(14-17)36-7)29-25-28-15-20-22(30-25)33(18-10-8-9-11-18)16-27(4,5)24(35)32(20)6/h12-15,18H,8-11,16H2,1-7H3,(H,31,34)(H,28,29,30). The SMILES string of the molecule is COc1cc(C(=O)NC(C)(C)C)ccc1Nc1ncc2c(n1)N(C1CCCC1)CC(C)(C)C(=O)N2C. The van der Waals surface area contributed by atoms with Crippen LogP contribution in [0.25, 0.3) is 0 Å². The summed E-state index contributed by atoms with van der Waals surface area (Å²) in [5, 5.41) is 6.22. The van der Waals surface area contributed by atoms with E-state index in [0.717, 1.165) is 18.7 Å². The minimum absolute atomic E-state index is 0.0550. The summed E-state index contributed by atoms with van der Waals surface area (Å²) in [6.07, 6.45) is 6.26. The molecular formula is C27H38N6O3. The summed E-state index contributed by atoms with van der Waals surface area (Å²) in [4.78, 5) is 39.2. The molecule has 1 aliphatic heterocycles. The molecule has 0 bridgehead atoms. The number of hydrogen-bond acceptors (Lipinski definition) is 7. The molecule has 1 aliphatic carbocycles. The van der Waals surface area contributed by atoms with Crippen LogP contribution < -0.4 is 25.2 Å². The van der Waals surface area contributed by atoms with Gasteiger partial charge in [0, 0.05) is 30.7 Å². The molecule has 0 radical (unpaired) electrons. The Kier molecular flexibility index (Phi) is 6.86. The number of nitrogens with one attached hydrogen (secondary N) is 2. The molecule has 0 saturated heterocycles. The van der Waals surface area contributed by atoms with Crippen molar-refractivity contribution in [1.29, 1.82) is 0 Å². The van der Waals surface area contributed by atoms with E-state index in [1.807, 2.05) is 34.6 Å². The number of nitrogens with zero attached hydrogens (tertiary/aromatic N) is 4. The molecule has 1 aromatic heterocycles. The summed E-state index contributed by atoms with van der Waals surface area (Å²) in [5.41, 5.74) is 0.980. The van der Waals surface area contributed by atoms with Crippen LogP contribution in [0, 0.1) is 5.41 Å². The van der Waals surface area contributed by atoms with Crippen molar-refractivity contribution >= 4 is 35.0 Å². The second kappa shape index (κ2) is 9.59. The van der Waals surface area contributed by atoms with Crippen molar-refractivity contribution in [2.75, 3.05) is 35.8 Å². The number of rotatable bonds is 5. The van der Waals surface area contributed by atoms with Crippen LogP contribution in [0.1, 0.15) is 70.7 Å². The monoisotopic (exact) mass is 494 g/mol. The third kappa shape index (κ3) is 5.24. The summed E-state index contributed by atoms with van der Waals surface area (Å²) < 4.78 is 5.57. The maximum atomic E-state index is 13.2. The van der Waals surface area contributed by atoms with Crippen LogP contribution in [0.15, 0.2) is 24.4 Å². The number of methoxy groups -OCH3 is 1. The lowest BCUT2D eigenvalue weighted by Gasteiger charge is -2.34. The molecule has 2 aromatic rings. The van der Waals surface area contributed by atoms with Crippen LogP contribution in [0.3, 0.4) is 0 Å². The summed E-state index contributed by atoms with van der Waals surface area (Å²) in [6.45, 7) is 10.4. The predicted molar refractivity (Wildman–Crippen MR) is 142 cm³/mol. The third-order valence-corrected chi connectivity index (χ3v) is 6.80. The maximum absolute atomic E-state index is 13.2. The van der Waals surface area contributed by atoms with Gasteiger partial charge in [-0.15, -0.1) is 0 Å². The molecule has 194 valence electrons. The van der Waals surface area contributed by atoms with E-state index in [1.165, 1.54) is 12.8 Å². The van der Waals surface area contributed by atoms with E-state index < -0.39 is 5.41 Å². The van der Waals surface area contributed by atoms with Crippen LogP contribution in [0.5, 0.6) is 5.75 Å². The topological polar surface area (TPSA) is 99.7 Å². The number of carbonyl (C=O) groups is 2. The van der Waals surface area contributed by atoms with Crippen molar-refractivity contribution in [3.63, 3.8) is 0 Å². The van der Waals surface area contributed by atoms with Crippen LogP contribution in [0.4, 0.5) is 23.1 Å². The van der Waals surface area contributed by atoms with Gasteiger partial charge in [-0.1, -0.05) is 12.8 Å². The van der Waals surface area contributed by atoms with Crippen LogP contribution in [-0.2, 0) is 4.79 Å². The van der Waals surface area contributed by atoms with E-state index in [0.29, 0.717) is 41.2 Å². The molecule has 2 N–H and O–H groups in total. The van der Waals surface area contributed by atoms with Crippen LogP contribution in [-0.4, -0.2) is 54.1 Å². The van der Waals surface area contributed by atoms with Crippen LogP contribution in [0.2, 0.25) is 0 Å². The van der Waals surface area contributed by atoms with E-state index in [9.17, 15) is 9.59 Å². The first-order chi connectivity index (χ1) is 16.9. The lowest BCUT2D eigenvalue weighted by Crippen LogP contribution is -2.45. The number of hydrogen-bond donors (Lipinski definition) is 2. The molecule has 0 spiro atoms. The number of fused-ring (bicyclic) bond motifs is 1. The van der Waals surface area contributed by atoms with Gasteiger partial charge in [0.05, 0.1) is 24.4 Å². The Hall–Kier alpha value is -3.36. The summed E-state index contributed by atoms with van der Waals surface area (Å²) >= 11 is 0. The van der Waals surface area contributed by atoms with Gasteiger partial charge in [-0.05, 0) is 65.7 Å². The van der Waals surface area contributed by atoms with Gasteiger partial charge in [0.1, 0.15) is 11.4 Å². The summed E-state index contributed by atoms with van der Waals surface area (Å²) in [7, 11) is 3.36. The molecule has 4 rings (SSSR count). The van der Waals surface area contributed by atoms with E-state index in [2.05, 4.69) is 20.5 Å². The highest BCUT2D eigenvalue weighted by atomic mass is 16.5. The van der Waals surface area contributed by atoms with Gasteiger partial charge in [0.15, 0.2) is 5.82 Å². The molecule has 0 atom stereocenters. The zero-order valence-corrected chi connectivity index (χ0v) is 22.4. The molecule has 9 heteroatoms. The fourth-order valence-electron chi connectivity index (χ4n) is 4.99. The number of anilines is 4. The van der Waals surface area contributed by atoms with Crippen molar-refractivity contribution in [2.45, 2.75) is 71.9 Å². The highest BCUT2D eigenvalue weighted by Gasteiger charge is 2.41. The molecule has 2 amide bonds. The van der Waals surface area contributed by atoms with Gasteiger partial charge >= 0.3 is 0 Å². The lowest BCUT2D eigenvalue weighted by molar-refractivity contribution is -0.125. The molecule has 1 saturated carbocycles. The highest BCUT2D eigenvalue weighted by Crippen LogP contribution is 2.40. The highest BCUT2D eigenvalue weighted by molar-refractivity contribution is 6.01. The number of amides is 2. The number of carbonyl (C=O) groups excluding carboxylic acids is 2. The van der Waals surface area contributed by atoms with Crippen molar-refractivity contribution in [1.82, 2.24) is 15.3 Å². The molecular weight excluding hydrogens is 456 g/mol. The molecule has 0 unspecified atom stereocenters. The first-order valence-corrected chi connectivity index (χ1v) is 12.6. The average Bonchev–Trinajstić information content (AvgIpc) is 3.33. The zero-order valence-electron chi connectivity index (χ0n) is 22.4. The quantitative estimate of drug-likeness (QED) is 0.631. The van der Waals surface area contributed by atoms with Gasteiger partial charge in [-0.2, -0.15) is 4.98 Å². The van der Waals surface area contributed by atoms with E-state index in [1.54, 1.807) is 43.5 Å². The molecule has 1 aromatic carbocycles. The van der Waals surface area contributed by atoms with E-state index in [-0.39, 0.29) is 17.4 Å². The molecule has 9 nitrogen and oxygen atoms in total. The van der Waals surface area contributed by atoms with Crippen molar-refractivity contribution in [3.05, 3.63) is 30.0 Å². The van der Waals surface area contributed by atoms with Gasteiger partial charge in [-0.25, -0.2) is 4.98 Å². The van der Waals surface area contributed by atoms with Gasteiger partial charge in [0.2, 0.25) is 11.9 Å². The van der Waals surface area contributed by atoms with E-state index in [4.69, 9.17) is 9.72 Å². The van der Waals surface area contributed by atoms with E-state index >= 15 is 0 Å². The molecule has 1 fully saturated rings. The smallest absolute Gasteiger partial charge is 0.251 e. The number of ether oxygens (including phenoxy) is 1. The minimum Gasteiger partial charge on any atom is -0.495 e. The van der Waals surface area contributed by atoms with Crippen molar-refractivity contribution in [2.24, 2.45) is 5.41 Å². The first kappa shape index (κ1) is 25.7. The van der Waals surface area contributed by atoms with Crippen molar-refractivity contribution in [3.8, 4) is 5.75 Å². The fourth-order valence-corrected chi connectivity index (χ4v) is 4.99. The van der Waals surface area contributed by atoms with Gasteiger partial charge in [0.25, 0.3) is 5.91 Å². The lowest BCUT2D eigenvalue weighted by atomic mass is 9.91. The Morgan fingerprint density at radius 2 is 1.89 bits per heavy atom. The summed E-state index contributed by atoms with van der Waals surface area (Å²) in [5.74, 6) is 1.56. The third-order valence-electron chi connectivity index (χ3n) is 6.80. The normalized spacial score (nSPS) is 18.0. The average molecular weight is 495 g/mol. The Morgan fingerprint density at radius 3 is 2.53 bits per heavy atom. The maximum Gasteiger partial charge on any atom is 0.251 e. The predicted octanol–water partition coefficient (Wildman–Crippen LogP) is 4.51. The number of benzene rings is 1. The summed E-state index contributed by atoms with van der Waals surface area (Å²) in [6, 6.07) is 5.58. The second-order valence-corrected chi connectivity index (χ2v) is 11.5. The first-order valence-electron chi connectivity index (χ1n) is 12.6. The second-order valence-electron chi connectivity index (χ2n) is 11.5. The molecule has 2 aliphatic rings. The Morgan fingerprint density at radius 1 is 1.19 bits per heavy atom. The largest absolute Gasteiger partial charge is 0.495 e. The molecule has 36 heavy (non-hydrogen) atoms. The fraction of sp³-hybridized carbons (Fsp3) is 0.556. The van der Waals surface area contributed by atoms with Gasteiger partial charge < -0.3 is 25.2 Å². The zero-order chi connectivity index (χ0) is 26.3. The van der Waals surface area contributed by atoms with Gasteiger partial charge in [-0.3, -0.25) is 9.59 Å². The van der Waals surface area contributed by atoms with Crippen molar-refractivity contribution < 1.29 is 14.3 Å². The minimum atomic E-state index is -0.543. The van der Waals surface area contributed by atoms with Crippen LogP contribution >= 0.6 is 0 Å². The Labute approximate surface area is 213 Å². The Bertz CT molecular complexity index is 1150. The number of aromatic nitrogens is 2. The molecule has 2 heterocycles.